The van der Waals surface area contributed by atoms with Gasteiger partial charge in [0.1, 0.15) is 4.90 Å². The molecule has 5 nitrogen and oxygen atoms in total. The van der Waals surface area contributed by atoms with Gasteiger partial charge in [-0.05, 0) is 41.8 Å². The topological polar surface area (TPSA) is 75.6 Å². The van der Waals surface area contributed by atoms with Crippen molar-refractivity contribution in [1.29, 1.82) is 0 Å². The van der Waals surface area contributed by atoms with Crippen LogP contribution >= 0.6 is 27.3 Å². The van der Waals surface area contributed by atoms with E-state index in [2.05, 4.69) is 20.7 Å². The number of hydrogen-bond donors (Lipinski definition) is 2. The van der Waals surface area contributed by atoms with Gasteiger partial charge in [0, 0.05) is 11.5 Å². The zero-order valence-electron chi connectivity index (χ0n) is 10.5. The van der Waals surface area contributed by atoms with E-state index in [1.165, 1.54) is 17.4 Å². The largest absolute Gasteiger partial charge is 0.391 e. The first-order chi connectivity index (χ1) is 8.86. The van der Waals surface area contributed by atoms with Crippen LogP contribution in [-0.4, -0.2) is 32.3 Å². The molecule has 1 atom stereocenters. The number of nitrogens with one attached hydrogen (secondary N) is 1. The van der Waals surface area contributed by atoms with E-state index in [0.717, 1.165) is 12.8 Å². The van der Waals surface area contributed by atoms with Gasteiger partial charge in [0.05, 0.1) is 22.5 Å². The molecule has 2 heterocycles. The SMILES string of the molecule is CC1(NS(=O)(=O)c2cc(CO)sc2Br)CCCOC1. The van der Waals surface area contributed by atoms with Crippen LogP contribution in [0.25, 0.3) is 0 Å². The Morgan fingerprint density at radius 3 is 2.89 bits per heavy atom. The first kappa shape index (κ1) is 15.4. The van der Waals surface area contributed by atoms with Crippen LogP contribution in [-0.2, 0) is 21.4 Å². The van der Waals surface area contributed by atoms with E-state index in [9.17, 15) is 8.42 Å². The van der Waals surface area contributed by atoms with Crippen LogP contribution in [0.2, 0.25) is 0 Å². The second-order valence-electron chi connectivity index (χ2n) is 4.83. The third-order valence-electron chi connectivity index (χ3n) is 2.97. The molecule has 0 saturated carbocycles. The Morgan fingerprint density at radius 2 is 2.37 bits per heavy atom. The molecule has 1 aromatic rings. The summed E-state index contributed by atoms with van der Waals surface area (Å²) in [6.07, 6.45) is 1.59. The summed E-state index contributed by atoms with van der Waals surface area (Å²) >= 11 is 4.45. The average molecular weight is 370 g/mol. The molecular weight excluding hydrogens is 354 g/mol. The lowest BCUT2D eigenvalue weighted by Crippen LogP contribution is -2.51. The van der Waals surface area contributed by atoms with Crippen LogP contribution in [0.5, 0.6) is 0 Å². The lowest BCUT2D eigenvalue weighted by Gasteiger charge is -2.33. The molecule has 1 fully saturated rings. The minimum atomic E-state index is -3.62. The summed E-state index contributed by atoms with van der Waals surface area (Å²) in [5, 5.41) is 9.07. The lowest BCUT2D eigenvalue weighted by molar-refractivity contribution is 0.0386. The molecule has 0 spiro atoms. The van der Waals surface area contributed by atoms with E-state index in [4.69, 9.17) is 9.84 Å². The third kappa shape index (κ3) is 3.56. The molecule has 1 saturated heterocycles. The molecule has 2 rings (SSSR count). The summed E-state index contributed by atoms with van der Waals surface area (Å²) in [6, 6.07) is 1.49. The second kappa shape index (κ2) is 5.79. The van der Waals surface area contributed by atoms with Crippen molar-refractivity contribution in [2.45, 2.75) is 36.8 Å². The lowest BCUT2D eigenvalue weighted by atomic mass is 9.97. The molecule has 0 amide bonds. The first-order valence-electron chi connectivity index (χ1n) is 5.87. The first-order valence-corrected chi connectivity index (χ1v) is 8.96. The molecule has 0 aliphatic carbocycles. The molecule has 8 heteroatoms. The highest BCUT2D eigenvalue weighted by Gasteiger charge is 2.34. The van der Waals surface area contributed by atoms with Gasteiger partial charge in [-0.3, -0.25) is 0 Å². The van der Waals surface area contributed by atoms with Crippen molar-refractivity contribution in [2.75, 3.05) is 13.2 Å². The van der Waals surface area contributed by atoms with Crippen LogP contribution in [0.4, 0.5) is 0 Å². The van der Waals surface area contributed by atoms with Gasteiger partial charge in [-0.25, -0.2) is 13.1 Å². The average Bonchev–Trinajstić information content (AvgIpc) is 2.71. The van der Waals surface area contributed by atoms with E-state index in [-0.39, 0.29) is 11.5 Å². The Morgan fingerprint density at radius 1 is 1.63 bits per heavy atom. The van der Waals surface area contributed by atoms with Crippen molar-refractivity contribution < 1.29 is 18.3 Å². The van der Waals surface area contributed by atoms with Gasteiger partial charge in [-0.2, -0.15) is 0 Å². The number of sulfonamides is 1. The highest BCUT2D eigenvalue weighted by atomic mass is 79.9. The fourth-order valence-corrected chi connectivity index (χ4v) is 6.02. The van der Waals surface area contributed by atoms with Gasteiger partial charge >= 0.3 is 0 Å². The minimum Gasteiger partial charge on any atom is -0.391 e. The van der Waals surface area contributed by atoms with E-state index in [0.29, 0.717) is 21.9 Å². The number of hydrogen-bond acceptors (Lipinski definition) is 5. The van der Waals surface area contributed by atoms with E-state index in [1.54, 1.807) is 0 Å². The predicted molar refractivity (Wildman–Crippen MR) is 76.7 cm³/mol. The summed E-state index contributed by atoms with van der Waals surface area (Å²) in [6.45, 7) is 2.73. The molecule has 19 heavy (non-hydrogen) atoms. The normalized spacial score (nSPS) is 24.6. The van der Waals surface area contributed by atoms with E-state index < -0.39 is 15.6 Å². The van der Waals surface area contributed by atoms with Gasteiger partial charge in [-0.1, -0.05) is 0 Å². The van der Waals surface area contributed by atoms with Crippen molar-refractivity contribution in [3.8, 4) is 0 Å². The van der Waals surface area contributed by atoms with Crippen LogP contribution in [0.3, 0.4) is 0 Å². The molecule has 108 valence electrons. The van der Waals surface area contributed by atoms with E-state index in [1.807, 2.05) is 6.92 Å². The molecule has 1 unspecified atom stereocenters. The van der Waals surface area contributed by atoms with Gasteiger partial charge in [-0.15, -0.1) is 11.3 Å². The number of halogens is 1. The van der Waals surface area contributed by atoms with Crippen LogP contribution in [0.1, 0.15) is 24.6 Å². The Kier molecular flexibility index (Phi) is 4.69. The summed E-state index contributed by atoms with van der Waals surface area (Å²) in [5.74, 6) is 0. The maximum atomic E-state index is 12.4. The van der Waals surface area contributed by atoms with Crippen LogP contribution in [0.15, 0.2) is 14.7 Å². The number of ether oxygens (including phenoxy) is 1. The number of thiophene rings is 1. The van der Waals surface area contributed by atoms with Gasteiger partial charge in [0.2, 0.25) is 10.0 Å². The van der Waals surface area contributed by atoms with Gasteiger partial charge in [0.25, 0.3) is 0 Å². The fraction of sp³-hybridized carbons (Fsp3) is 0.636. The number of aliphatic hydroxyl groups is 1. The quantitative estimate of drug-likeness (QED) is 0.848. The zero-order chi connectivity index (χ0) is 14.1. The van der Waals surface area contributed by atoms with Crippen molar-refractivity contribution >= 4 is 37.3 Å². The summed E-state index contributed by atoms with van der Waals surface area (Å²) in [7, 11) is -3.62. The molecule has 2 N–H and O–H groups in total. The molecule has 0 radical (unpaired) electrons. The summed E-state index contributed by atoms with van der Waals surface area (Å²) in [4.78, 5) is 0.783. The smallest absolute Gasteiger partial charge is 0.243 e. The predicted octanol–water partition coefficient (Wildman–Crippen LogP) is 1.85. The molecule has 0 aromatic carbocycles. The highest BCUT2D eigenvalue weighted by Crippen LogP contribution is 2.33. The number of aliphatic hydroxyl groups excluding tert-OH is 1. The maximum Gasteiger partial charge on any atom is 0.243 e. The van der Waals surface area contributed by atoms with Crippen LogP contribution in [0, 0.1) is 0 Å². The van der Waals surface area contributed by atoms with Crippen molar-refractivity contribution in [3.05, 3.63) is 14.7 Å². The van der Waals surface area contributed by atoms with Crippen LogP contribution < -0.4 is 4.72 Å². The maximum absolute atomic E-state index is 12.4. The molecule has 0 bridgehead atoms. The minimum absolute atomic E-state index is 0.167. The molecule has 1 aromatic heterocycles. The van der Waals surface area contributed by atoms with Crippen molar-refractivity contribution in [2.24, 2.45) is 0 Å². The third-order valence-corrected chi connectivity index (χ3v) is 6.85. The summed E-state index contributed by atoms with van der Waals surface area (Å²) in [5.41, 5.74) is -0.572. The molecule has 1 aliphatic rings. The molecule has 1 aliphatic heterocycles. The second-order valence-corrected chi connectivity index (χ2v) is 8.94. The van der Waals surface area contributed by atoms with Crippen molar-refractivity contribution in [1.82, 2.24) is 4.72 Å². The Balaban J connectivity index is 2.24. The Hall–Kier alpha value is 0.01000. The monoisotopic (exact) mass is 369 g/mol. The van der Waals surface area contributed by atoms with Gasteiger partial charge < -0.3 is 9.84 Å². The Bertz CT molecular complexity index is 549. The Labute approximate surface area is 125 Å². The van der Waals surface area contributed by atoms with E-state index >= 15 is 0 Å². The number of rotatable bonds is 4. The van der Waals surface area contributed by atoms with Gasteiger partial charge in [0.15, 0.2) is 0 Å². The molecular formula is C11H16BrNO4S2. The van der Waals surface area contributed by atoms with Crippen molar-refractivity contribution in [3.63, 3.8) is 0 Å². The highest BCUT2D eigenvalue weighted by molar-refractivity contribution is 9.11. The fourth-order valence-electron chi connectivity index (χ4n) is 2.05. The summed E-state index contributed by atoms with van der Waals surface area (Å²) < 4.78 is 33.3. The zero-order valence-corrected chi connectivity index (χ0v) is 13.7. The standard InChI is InChI=1S/C11H16BrNO4S2/c1-11(3-2-4-17-7-11)13-19(15,16)9-5-8(6-14)18-10(9)12/h5,13-14H,2-4,6-7H2,1H3.